The Balaban J connectivity index is 1.62. The molecule has 0 unspecified atom stereocenters. The van der Waals surface area contributed by atoms with Crippen molar-refractivity contribution in [3.8, 4) is 5.75 Å². The topological polar surface area (TPSA) is 67.4 Å². The van der Waals surface area contributed by atoms with Crippen LogP contribution in [0.4, 0.5) is 15.8 Å². The van der Waals surface area contributed by atoms with E-state index in [-0.39, 0.29) is 17.6 Å². The van der Waals surface area contributed by atoms with E-state index < -0.39 is 5.82 Å². The maximum atomic E-state index is 13.7. The van der Waals surface area contributed by atoms with Crippen LogP contribution in [0, 0.1) is 5.82 Å². The van der Waals surface area contributed by atoms with Crippen LogP contribution in [-0.4, -0.2) is 18.9 Å². The Hall–Kier alpha value is -3.45. The molecule has 2 N–H and O–H groups in total. The first-order chi connectivity index (χ1) is 13.5. The normalized spacial score (nSPS) is 10.6. The molecule has 2 amide bonds. The summed E-state index contributed by atoms with van der Waals surface area (Å²) >= 11 is 1.35. The van der Waals surface area contributed by atoms with Crippen molar-refractivity contribution in [2.24, 2.45) is 0 Å². The zero-order chi connectivity index (χ0) is 19.9. The molecule has 142 valence electrons. The highest BCUT2D eigenvalue weighted by atomic mass is 32.1. The zero-order valence-electron chi connectivity index (χ0n) is 14.9. The van der Waals surface area contributed by atoms with Crippen LogP contribution in [0.3, 0.4) is 0 Å². The van der Waals surface area contributed by atoms with E-state index in [1.54, 1.807) is 42.5 Å². The summed E-state index contributed by atoms with van der Waals surface area (Å²) in [6, 6.07) is 14.8. The molecule has 7 heteroatoms. The van der Waals surface area contributed by atoms with Gasteiger partial charge in [0.1, 0.15) is 0 Å². The first-order valence-electron chi connectivity index (χ1n) is 8.32. The highest BCUT2D eigenvalue weighted by Crippen LogP contribution is 2.19. The number of benzene rings is 2. The number of rotatable bonds is 6. The lowest BCUT2D eigenvalue weighted by Crippen LogP contribution is -2.11. The van der Waals surface area contributed by atoms with Gasteiger partial charge in [-0.2, -0.15) is 0 Å². The molecule has 1 aromatic heterocycles. The summed E-state index contributed by atoms with van der Waals surface area (Å²) in [5.41, 5.74) is 1.63. The van der Waals surface area contributed by atoms with Crippen molar-refractivity contribution in [2.45, 2.75) is 0 Å². The number of anilines is 2. The predicted octanol–water partition coefficient (Wildman–Crippen LogP) is 4.80. The molecule has 0 saturated heterocycles. The van der Waals surface area contributed by atoms with Crippen LogP contribution in [0.25, 0.3) is 6.08 Å². The monoisotopic (exact) mass is 396 g/mol. The van der Waals surface area contributed by atoms with Gasteiger partial charge in [0.25, 0.3) is 5.91 Å². The number of hydrogen-bond donors (Lipinski definition) is 2. The van der Waals surface area contributed by atoms with E-state index in [2.05, 4.69) is 10.6 Å². The fraction of sp³-hybridized carbons (Fsp3) is 0.0476. The van der Waals surface area contributed by atoms with E-state index in [4.69, 9.17) is 4.74 Å². The van der Waals surface area contributed by atoms with E-state index in [1.807, 2.05) is 5.38 Å². The molecule has 0 bridgehead atoms. The number of carbonyl (C=O) groups excluding carboxylic acids is 2. The number of halogens is 1. The minimum Gasteiger partial charge on any atom is -0.494 e. The van der Waals surface area contributed by atoms with Crippen molar-refractivity contribution in [3.63, 3.8) is 0 Å². The number of nitrogens with one attached hydrogen (secondary N) is 2. The summed E-state index contributed by atoms with van der Waals surface area (Å²) in [6.45, 7) is 0. The van der Waals surface area contributed by atoms with Gasteiger partial charge < -0.3 is 15.4 Å². The average molecular weight is 396 g/mol. The molecule has 28 heavy (non-hydrogen) atoms. The lowest BCUT2D eigenvalue weighted by atomic mass is 10.2. The van der Waals surface area contributed by atoms with Crippen LogP contribution in [0.2, 0.25) is 0 Å². The second kappa shape index (κ2) is 8.96. The summed E-state index contributed by atoms with van der Waals surface area (Å²) in [7, 11) is 1.39. The average Bonchev–Trinajstić information content (AvgIpc) is 3.22. The molecule has 5 nitrogen and oxygen atoms in total. The summed E-state index contributed by atoms with van der Waals surface area (Å²) in [5.74, 6) is -0.944. The fourth-order valence-corrected chi connectivity index (χ4v) is 3.04. The highest BCUT2D eigenvalue weighted by molar-refractivity contribution is 7.12. The van der Waals surface area contributed by atoms with E-state index in [9.17, 15) is 14.0 Å². The molecular formula is C21H17FN2O3S. The minimum absolute atomic E-state index is 0.142. The SMILES string of the molecule is COc1ccc(/C=C/C(=O)Nc2cccc(NC(=O)c3cccs3)c2)cc1F. The first-order valence-corrected chi connectivity index (χ1v) is 9.20. The molecule has 0 fully saturated rings. The fourth-order valence-electron chi connectivity index (χ4n) is 2.42. The van der Waals surface area contributed by atoms with Crippen molar-refractivity contribution in [3.05, 3.63) is 82.3 Å². The Morgan fingerprint density at radius 2 is 1.82 bits per heavy atom. The molecule has 0 radical (unpaired) electrons. The van der Waals surface area contributed by atoms with Crippen LogP contribution in [-0.2, 0) is 4.79 Å². The number of thiophene rings is 1. The number of carbonyl (C=O) groups is 2. The van der Waals surface area contributed by atoms with Crippen molar-refractivity contribution < 1.29 is 18.7 Å². The van der Waals surface area contributed by atoms with Gasteiger partial charge in [0.05, 0.1) is 12.0 Å². The second-order valence-electron chi connectivity index (χ2n) is 5.73. The Morgan fingerprint density at radius 1 is 1.04 bits per heavy atom. The molecule has 3 rings (SSSR count). The van der Waals surface area contributed by atoms with Gasteiger partial charge in [-0.05, 0) is 53.4 Å². The van der Waals surface area contributed by atoms with Crippen LogP contribution >= 0.6 is 11.3 Å². The quantitative estimate of drug-likeness (QED) is 0.588. The number of ether oxygens (including phenoxy) is 1. The summed E-state index contributed by atoms with van der Waals surface area (Å²) < 4.78 is 18.5. The predicted molar refractivity (Wildman–Crippen MR) is 109 cm³/mol. The van der Waals surface area contributed by atoms with Crippen molar-refractivity contribution in [1.29, 1.82) is 0 Å². The third-order valence-corrected chi connectivity index (χ3v) is 4.60. The summed E-state index contributed by atoms with van der Waals surface area (Å²) in [4.78, 5) is 24.8. The Morgan fingerprint density at radius 3 is 2.50 bits per heavy atom. The third kappa shape index (κ3) is 5.05. The molecular weight excluding hydrogens is 379 g/mol. The van der Waals surface area contributed by atoms with Crippen LogP contribution in [0.1, 0.15) is 15.2 Å². The Bertz CT molecular complexity index is 1020. The smallest absolute Gasteiger partial charge is 0.265 e. The minimum atomic E-state index is -0.501. The molecule has 1 heterocycles. The van der Waals surface area contributed by atoms with Crippen molar-refractivity contribution in [2.75, 3.05) is 17.7 Å². The summed E-state index contributed by atoms with van der Waals surface area (Å²) in [6.07, 6.45) is 2.80. The number of hydrogen-bond acceptors (Lipinski definition) is 4. The largest absolute Gasteiger partial charge is 0.494 e. The molecule has 0 aliphatic carbocycles. The Labute approximate surface area is 165 Å². The van der Waals surface area contributed by atoms with Crippen molar-refractivity contribution in [1.82, 2.24) is 0 Å². The molecule has 0 spiro atoms. The van der Waals surface area contributed by atoms with Gasteiger partial charge in [0.15, 0.2) is 11.6 Å². The van der Waals surface area contributed by atoms with Gasteiger partial charge in [-0.15, -0.1) is 11.3 Å². The molecule has 2 aromatic carbocycles. The van der Waals surface area contributed by atoms with Gasteiger partial charge in [-0.1, -0.05) is 18.2 Å². The molecule has 0 saturated carbocycles. The lowest BCUT2D eigenvalue weighted by Gasteiger charge is -2.07. The maximum absolute atomic E-state index is 13.7. The van der Waals surface area contributed by atoms with Crippen LogP contribution < -0.4 is 15.4 Å². The van der Waals surface area contributed by atoms with E-state index in [0.717, 1.165) is 0 Å². The highest BCUT2D eigenvalue weighted by Gasteiger charge is 2.07. The number of methoxy groups -OCH3 is 1. The van der Waals surface area contributed by atoms with Gasteiger partial charge in [0.2, 0.25) is 5.91 Å². The van der Waals surface area contributed by atoms with Crippen LogP contribution in [0.5, 0.6) is 5.75 Å². The van der Waals surface area contributed by atoms with Crippen LogP contribution in [0.15, 0.2) is 66.1 Å². The first kappa shape index (κ1) is 19.3. The molecule has 0 atom stereocenters. The molecule has 3 aromatic rings. The van der Waals surface area contributed by atoms with Gasteiger partial charge in [-0.25, -0.2) is 4.39 Å². The molecule has 0 aliphatic rings. The number of amides is 2. The maximum Gasteiger partial charge on any atom is 0.265 e. The van der Waals surface area contributed by atoms with Crippen molar-refractivity contribution >= 4 is 40.6 Å². The van der Waals surface area contributed by atoms with E-state index in [1.165, 1.54) is 42.7 Å². The van der Waals surface area contributed by atoms with E-state index >= 15 is 0 Å². The lowest BCUT2D eigenvalue weighted by molar-refractivity contribution is -0.111. The van der Waals surface area contributed by atoms with Gasteiger partial charge >= 0.3 is 0 Å². The zero-order valence-corrected chi connectivity index (χ0v) is 15.8. The third-order valence-electron chi connectivity index (χ3n) is 3.74. The Kier molecular flexibility index (Phi) is 6.18. The second-order valence-corrected chi connectivity index (χ2v) is 6.68. The van der Waals surface area contributed by atoms with Gasteiger partial charge in [-0.3, -0.25) is 9.59 Å². The van der Waals surface area contributed by atoms with Gasteiger partial charge in [0, 0.05) is 17.5 Å². The van der Waals surface area contributed by atoms with E-state index in [0.29, 0.717) is 21.8 Å². The standard InChI is InChI=1S/C21H17FN2O3S/c1-27-18-9-7-14(12-17(18)22)8-10-20(25)23-15-4-2-5-16(13-15)24-21(26)19-6-3-11-28-19/h2-13H,1H3,(H,23,25)(H,24,26)/b10-8+. The summed E-state index contributed by atoms with van der Waals surface area (Å²) in [5, 5.41) is 7.31. The molecule has 0 aliphatic heterocycles.